The number of rotatable bonds is 2. The first-order chi connectivity index (χ1) is 13.3. The summed E-state index contributed by atoms with van der Waals surface area (Å²) in [4.78, 5) is 14.9. The summed E-state index contributed by atoms with van der Waals surface area (Å²) in [6.45, 7) is 6.78. The quantitative estimate of drug-likeness (QED) is 0.556. The molecule has 2 atom stereocenters. The highest BCUT2D eigenvalue weighted by atomic mass is 16.6. The Labute approximate surface area is 167 Å². The van der Waals surface area contributed by atoms with E-state index in [0.717, 1.165) is 38.0 Å². The molecule has 4 heteroatoms. The maximum absolute atomic E-state index is 12.9. The number of allylic oxidation sites excluding steroid dienone is 1. The van der Waals surface area contributed by atoms with Gasteiger partial charge in [0.2, 0.25) is 0 Å². The summed E-state index contributed by atoms with van der Waals surface area (Å²) < 4.78 is 11.4. The third-order valence-corrected chi connectivity index (χ3v) is 6.20. The molecule has 0 saturated carbocycles. The number of hydrogen-bond donors (Lipinski definition) is 0. The third-order valence-electron chi connectivity index (χ3n) is 6.20. The van der Waals surface area contributed by atoms with Crippen molar-refractivity contribution in [3.8, 4) is 18.1 Å². The van der Waals surface area contributed by atoms with Crippen molar-refractivity contribution in [2.75, 3.05) is 13.2 Å². The number of ether oxygens (including phenoxy) is 2. The summed E-state index contributed by atoms with van der Waals surface area (Å²) in [6, 6.07) is 6.43. The lowest BCUT2D eigenvalue weighted by molar-refractivity contribution is 0.00914. The largest absolute Gasteiger partial charge is 0.481 e. The van der Waals surface area contributed by atoms with Crippen LogP contribution >= 0.6 is 0 Å². The lowest BCUT2D eigenvalue weighted by atomic mass is 9.57. The Morgan fingerprint density at radius 2 is 2.18 bits per heavy atom. The number of carbonyl (C=O) groups is 1. The van der Waals surface area contributed by atoms with Gasteiger partial charge in [0.25, 0.3) is 0 Å². The minimum absolute atomic E-state index is 0.0184. The SMILES string of the molecule is C#CCOc1ccc2c(c1)C13CCCC=C1C(C2)N(C(=O)OC(C)(C)C)CC3. The minimum atomic E-state index is -0.484. The summed E-state index contributed by atoms with van der Waals surface area (Å²) in [5, 5.41) is 0. The van der Waals surface area contributed by atoms with Gasteiger partial charge in [-0.15, -0.1) is 6.42 Å². The summed E-state index contributed by atoms with van der Waals surface area (Å²) in [6.07, 6.45) is 12.7. The lowest BCUT2D eigenvalue weighted by Crippen LogP contribution is -2.58. The van der Waals surface area contributed by atoms with Gasteiger partial charge in [-0.25, -0.2) is 4.79 Å². The van der Waals surface area contributed by atoms with Gasteiger partial charge in [-0.2, -0.15) is 0 Å². The number of hydrogen-bond acceptors (Lipinski definition) is 3. The van der Waals surface area contributed by atoms with Gasteiger partial charge in [0.05, 0.1) is 6.04 Å². The van der Waals surface area contributed by atoms with E-state index in [1.165, 1.54) is 23.1 Å². The average molecular weight is 380 g/mol. The Kier molecular flexibility index (Phi) is 4.65. The van der Waals surface area contributed by atoms with E-state index in [4.69, 9.17) is 15.9 Å². The van der Waals surface area contributed by atoms with Crippen LogP contribution in [0.25, 0.3) is 0 Å². The predicted molar refractivity (Wildman–Crippen MR) is 109 cm³/mol. The minimum Gasteiger partial charge on any atom is -0.481 e. The molecule has 4 nitrogen and oxygen atoms in total. The van der Waals surface area contributed by atoms with Gasteiger partial charge >= 0.3 is 6.09 Å². The molecule has 1 fully saturated rings. The van der Waals surface area contributed by atoms with E-state index < -0.39 is 5.60 Å². The fourth-order valence-electron chi connectivity index (χ4n) is 5.15. The second-order valence-corrected chi connectivity index (χ2v) is 9.09. The van der Waals surface area contributed by atoms with Gasteiger partial charge in [-0.05, 0) is 81.7 Å². The van der Waals surface area contributed by atoms with Crippen LogP contribution in [-0.2, 0) is 16.6 Å². The van der Waals surface area contributed by atoms with Crippen molar-refractivity contribution in [1.29, 1.82) is 0 Å². The van der Waals surface area contributed by atoms with Crippen LogP contribution in [0, 0.1) is 12.3 Å². The predicted octanol–water partition coefficient (Wildman–Crippen LogP) is 4.61. The van der Waals surface area contributed by atoms with Crippen molar-refractivity contribution in [3.05, 3.63) is 41.0 Å². The molecule has 0 N–H and O–H groups in total. The van der Waals surface area contributed by atoms with E-state index in [9.17, 15) is 4.79 Å². The molecule has 0 radical (unpaired) electrons. The number of benzene rings is 1. The van der Waals surface area contributed by atoms with E-state index in [2.05, 4.69) is 24.1 Å². The molecule has 2 unspecified atom stereocenters. The van der Waals surface area contributed by atoms with Gasteiger partial charge in [-0.1, -0.05) is 18.1 Å². The molecule has 1 amide bonds. The van der Waals surface area contributed by atoms with Crippen LogP contribution < -0.4 is 4.74 Å². The number of fused-ring (bicyclic) bond motifs is 1. The maximum Gasteiger partial charge on any atom is 0.410 e. The summed E-state index contributed by atoms with van der Waals surface area (Å²) in [7, 11) is 0. The monoisotopic (exact) mass is 379 g/mol. The van der Waals surface area contributed by atoms with Crippen molar-refractivity contribution >= 4 is 6.09 Å². The van der Waals surface area contributed by atoms with Crippen LogP contribution in [0.4, 0.5) is 4.79 Å². The van der Waals surface area contributed by atoms with E-state index in [1.54, 1.807) is 0 Å². The molecular formula is C24H29NO3. The zero-order valence-corrected chi connectivity index (χ0v) is 17.1. The summed E-state index contributed by atoms with van der Waals surface area (Å²) in [5.74, 6) is 3.38. The first kappa shape index (κ1) is 18.9. The first-order valence-corrected chi connectivity index (χ1v) is 10.2. The smallest absolute Gasteiger partial charge is 0.410 e. The van der Waals surface area contributed by atoms with Crippen LogP contribution in [-0.4, -0.2) is 35.8 Å². The second-order valence-electron chi connectivity index (χ2n) is 9.09. The molecule has 0 spiro atoms. The van der Waals surface area contributed by atoms with Crippen LogP contribution in [0.5, 0.6) is 5.75 Å². The average Bonchev–Trinajstić information content (AvgIpc) is 2.65. The molecule has 2 aliphatic carbocycles. The Bertz CT molecular complexity index is 858. The number of likely N-dealkylation sites (tertiary alicyclic amines) is 1. The molecule has 148 valence electrons. The van der Waals surface area contributed by atoms with Crippen LogP contribution in [0.2, 0.25) is 0 Å². The van der Waals surface area contributed by atoms with Gasteiger partial charge in [0.1, 0.15) is 18.0 Å². The molecule has 1 aromatic rings. The third kappa shape index (κ3) is 3.17. The lowest BCUT2D eigenvalue weighted by Gasteiger charge is -2.54. The Morgan fingerprint density at radius 1 is 1.36 bits per heavy atom. The molecule has 4 rings (SSSR count). The van der Waals surface area contributed by atoms with Gasteiger partial charge in [0, 0.05) is 12.0 Å². The topological polar surface area (TPSA) is 38.8 Å². The number of amides is 1. The Morgan fingerprint density at radius 3 is 2.93 bits per heavy atom. The van der Waals surface area contributed by atoms with E-state index in [0.29, 0.717) is 0 Å². The van der Waals surface area contributed by atoms with Crippen molar-refractivity contribution in [2.24, 2.45) is 0 Å². The second kappa shape index (κ2) is 6.88. The van der Waals surface area contributed by atoms with Crippen LogP contribution in [0.3, 0.4) is 0 Å². The van der Waals surface area contributed by atoms with Gasteiger partial charge in [-0.3, -0.25) is 0 Å². The normalized spacial score (nSPS) is 25.7. The zero-order valence-electron chi connectivity index (χ0n) is 17.1. The molecule has 0 aromatic heterocycles. The summed E-state index contributed by atoms with van der Waals surface area (Å²) in [5.41, 5.74) is 3.61. The highest BCUT2D eigenvalue weighted by Gasteiger charge is 2.51. The first-order valence-electron chi connectivity index (χ1n) is 10.2. The van der Waals surface area contributed by atoms with E-state index in [-0.39, 0.29) is 24.2 Å². The fraction of sp³-hybridized carbons (Fsp3) is 0.542. The van der Waals surface area contributed by atoms with E-state index >= 15 is 0 Å². The van der Waals surface area contributed by atoms with Crippen molar-refractivity contribution in [3.63, 3.8) is 0 Å². The van der Waals surface area contributed by atoms with E-state index in [1.807, 2.05) is 31.7 Å². The molecule has 2 bridgehead atoms. The maximum atomic E-state index is 12.9. The highest BCUT2D eigenvalue weighted by Crippen LogP contribution is 2.54. The highest BCUT2D eigenvalue weighted by molar-refractivity contribution is 5.71. The number of terminal acetylenes is 1. The number of carbonyl (C=O) groups excluding carboxylic acids is 1. The van der Waals surface area contributed by atoms with Crippen molar-refractivity contribution < 1.29 is 14.3 Å². The summed E-state index contributed by atoms with van der Waals surface area (Å²) >= 11 is 0. The number of piperidine rings is 1. The molecular weight excluding hydrogens is 350 g/mol. The molecule has 1 aliphatic heterocycles. The fourth-order valence-corrected chi connectivity index (χ4v) is 5.15. The Balaban J connectivity index is 1.72. The molecule has 28 heavy (non-hydrogen) atoms. The van der Waals surface area contributed by atoms with Crippen LogP contribution in [0.1, 0.15) is 57.6 Å². The molecule has 1 heterocycles. The molecule has 3 aliphatic rings. The van der Waals surface area contributed by atoms with Crippen molar-refractivity contribution in [1.82, 2.24) is 4.90 Å². The van der Waals surface area contributed by atoms with Gasteiger partial charge < -0.3 is 14.4 Å². The van der Waals surface area contributed by atoms with Crippen molar-refractivity contribution in [2.45, 2.75) is 69.9 Å². The number of nitrogens with zero attached hydrogens (tertiary/aromatic N) is 1. The standard InChI is InChI=1S/C24H29NO3/c1-5-14-27-18-10-9-17-15-21-19-8-6-7-11-24(19,20(17)16-18)12-13-25(21)22(26)28-23(2,3)4/h1,8-10,16,21H,6-7,11-15H2,2-4H3. The molecule has 1 saturated heterocycles. The Hall–Kier alpha value is -2.41. The molecule has 1 aromatic carbocycles. The van der Waals surface area contributed by atoms with Crippen LogP contribution in [0.15, 0.2) is 29.8 Å². The van der Waals surface area contributed by atoms with Gasteiger partial charge in [0.15, 0.2) is 0 Å². The zero-order chi connectivity index (χ0) is 19.9.